The van der Waals surface area contributed by atoms with Gasteiger partial charge in [-0.3, -0.25) is 4.79 Å². The van der Waals surface area contributed by atoms with Gasteiger partial charge in [-0.05, 0) is 31.9 Å². The largest absolute Gasteiger partial charge is 0.461 e. The van der Waals surface area contributed by atoms with Gasteiger partial charge in [-0.15, -0.1) is 10.2 Å². The van der Waals surface area contributed by atoms with Crippen molar-refractivity contribution in [3.8, 4) is 17.7 Å². The quantitative estimate of drug-likeness (QED) is 0.807. The van der Waals surface area contributed by atoms with Crippen molar-refractivity contribution in [1.29, 1.82) is 5.26 Å². The number of hydrogen-bond acceptors (Lipinski definition) is 6. The molecule has 0 aromatic carbocycles. The predicted octanol–water partition coefficient (Wildman–Crippen LogP) is 2.61. The lowest BCUT2D eigenvalue weighted by Gasteiger charge is -2.28. The van der Waals surface area contributed by atoms with Crippen molar-refractivity contribution in [2.75, 3.05) is 0 Å². The van der Waals surface area contributed by atoms with Gasteiger partial charge in [-0.2, -0.15) is 5.26 Å². The zero-order chi connectivity index (χ0) is 17.9. The molecule has 1 amide bonds. The van der Waals surface area contributed by atoms with E-state index in [2.05, 4.69) is 21.6 Å². The highest BCUT2D eigenvalue weighted by molar-refractivity contribution is 8.00. The van der Waals surface area contributed by atoms with Gasteiger partial charge in [0.15, 0.2) is 16.7 Å². The predicted molar refractivity (Wildman–Crippen MR) is 91.0 cm³/mol. The third kappa shape index (κ3) is 3.62. The molecule has 0 aliphatic rings. The van der Waals surface area contributed by atoms with Crippen LogP contribution in [0.1, 0.15) is 27.7 Å². The molecule has 1 N–H and O–H groups in total. The maximum absolute atomic E-state index is 12.4. The summed E-state index contributed by atoms with van der Waals surface area (Å²) in [6, 6.07) is 5.76. The summed E-state index contributed by atoms with van der Waals surface area (Å²) in [4.78, 5) is 12.4. The third-order valence-corrected chi connectivity index (χ3v) is 5.13. The first kappa shape index (κ1) is 18.1. The van der Waals surface area contributed by atoms with Crippen LogP contribution in [0.5, 0.6) is 0 Å². The number of furan rings is 1. The average Bonchev–Trinajstić information content (AvgIpc) is 3.17. The van der Waals surface area contributed by atoms with Crippen molar-refractivity contribution in [3.63, 3.8) is 0 Å². The van der Waals surface area contributed by atoms with E-state index in [4.69, 9.17) is 4.42 Å². The number of carbonyl (C=O) groups is 1. The highest BCUT2D eigenvalue weighted by Crippen LogP contribution is 2.26. The minimum atomic E-state index is -0.898. The molecule has 128 valence electrons. The molecule has 2 aromatic heterocycles. The Balaban J connectivity index is 2.09. The molecule has 0 saturated heterocycles. The van der Waals surface area contributed by atoms with Crippen molar-refractivity contribution >= 4 is 17.7 Å². The molecule has 2 atom stereocenters. The first-order valence-electron chi connectivity index (χ1n) is 7.61. The minimum Gasteiger partial charge on any atom is -0.461 e. The Bertz CT molecular complexity index is 747. The molecule has 2 aromatic rings. The van der Waals surface area contributed by atoms with Crippen LogP contribution in [-0.2, 0) is 11.8 Å². The number of nitriles is 1. The number of carbonyl (C=O) groups excluding carboxylic acids is 1. The summed E-state index contributed by atoms with van der Waals surface area (Å²) in [5, 5.41) is 20.6. The lowest BCUT2D eigenvalue weighted by molar-refractivity contribution is -0.121. The zero-order valence-corrected chi connectivity index (χ0v) is 15.2. The standard InChI is InChI=1S/C16H21N5O2S/c1-10(2)16(4,9-17)18-14(22)11(3)24-15-20-19-13(21(15)5)12-7-6-8-23-12/h6-8,10-11H,1-5H3,(H,18,22)/t11-,16-/m1/s1. The van der Waals surface area contributed by atoms with Crippen LogP contribution in [0.4, 0.5) is 0 Å². The summed E-state index contributed by atoms with van der Waals surface area (Å²) < 4.78 is 7.10. The zero-order valence-electron chi connectivity index (χ0n) is 14.4. The molecule has 7 nitrogen and oxygen atoms in total. The minimum absolute atomic E-state index is 0.00373. The van der Waals surface area contributed by atoms with E-state index in [1.54, 1.807) is 36.8 Å². The normalized spacial score (nSPS) is 14.9. The lowest BCUT2D eigenvalue weighted by atomic mass is 9.90. The van der Waals surface area contributed by atoms with E-state index < -0.39 is 10.8 Å². The van der Waals surface area contributed by atoms with Gasteiger partial charge in [0.2, 0.25) is 5.91 Å². The first-order chi connectivity index (χ1) is 11.3. The van der Waals surface area contributed by atoms with Crippen molar-refractivity contribution in [2.45, 2.75) is 43.6 Å². The first-order valence-corrected chi connectivity index (χ1v) is 8.49. The highest BCUT2D eigenvalue weighted by Gasteiger charge is 2.32. The van der Waals surface area contributed by atoms with Crippen LogP contribution in [0.3, 0.4) is 0 Å². The summed E-state index contributed by atoms with van der Waals surface area (Å²) >= 11 is 1.29. The van der Waals surface area contributed by atoms with Crippen LogP contribution >= 0.6 is 11.8 Å². The van der Waals surface area contributed by atoms with Crippen molar-refractivity contribution in [2.24, 2.45) is 13.0 Å². The van der Waals surface area contributed by atoms with Gasteiger partial charge in [0.1, 0.15) is 5.54 Å². The molecule has 2 rings (SSSR count). The summed E-state index contributed by atoms with van der Waals surface area (Å²) in [7, 11) is 1.82. The van der Waals surface area contributed by atoms with Gasteiger partial charge in [0.25, 0.3) is 0 Å². The monoisotopic (exact) mass is 347 g/mol. The fourth-order valence-electron chi connectivity index (χ4n) is 1.91. The SMILES string of the molecule is CC(C)[C@@](C)(C#N)NC(=O)[C@@H](C)Sc1nnc(-c2ccco2)n1C. The Kier molecular flexibility index (Phi) is 5.34. The Hall–Kier alpha value is -2.27. The number of rotatable bonds is 6. The molecule has 0 spiro atoms. The Morgan fingerprint density at radius 3 is 2.71 bits per heavy atom. The Morgan fingerprint density at radius 2 is 2.17 bits per heavy atom. The summed E-state index contributed by atoms with van der Waals surface area (Å²) in [5.41, 5.74) is -0.898. The van der Waals surface area contributed by atoms with Crippen LogP contribution in [0.15, 0.2) is 28.0 Å². The number of nitrogens with zero attached hydrogens (tertiary/aromatic N) is 4. The average molecular weight is 347 g/mol. The fourth-order valence-corrected chi connectivity index (χ4v) is 2.72. The van der Waals surface area contributed by atoms with Crippen LogP contribution < -0.4 is 5.32 Å². The second-order valence-corrected chi connectivity index (χ2v) is 7.37. The van der Waals surface area contributed by atoms with Crippen LogP contribution in [0.25, 0.3) is 11.6 Å². The molecule has 0 aliphatic carbocycles. The summed E-state index contributed by atoms with van der Waals surface area (Å²) in [5.74, 6) is 1.01. The maximum Gasteiger partial charge on any atom is 0.234 e. The van der Waals surface area contributed by atoms with E-state index >= 15 is 0 Å². The van der Waals surface area contributed by atoms with Gasteiger partial charge in [-0.1, -0.05) is 25.6 Å². The molecule has 0 fully saturated rings. The lowest BCUT2D eigenvalue weighted by Crippen LogP contribution is -2.51. The molecule has 0 unspecified atom stereocenters. The van der Waals surface area contributed by atoms with Crippen molar-refractivity contribution < 1.29 is 9.21 Å². The second-order valence-electron chi connectivity index (χ2n) is 6.06. The summed E-state index contributed by atoms with van der Waals surface area (Å²) in [6.07, 6.45) is 1.57. The summed E-state index contributed by atoms with van der Waals surface area (Å²) in [6.45, 7) is 7.31. The van der Waals surface area contributed by atoms with E-state index in [1.807, 2.05) is 20.9 Å². The molecule has 2 heterocycles. The molecular weight excluding hydrogens is 326 g/mol. The molecule has 24 heavy (non-hydrogen) atoms. The van der Waals surface area contributed by atoms with Crippen LogP contribution in [0, 0.1) is 17.2 Å². The molecule has 0 aliphatic heterocycles. The maximum atomic E-state index is 12.4. The van der Waals surface area contributed by atoms with Crippen molar-refractivity contribution in [1.82, 2.24) is 20.1 Å². The number of nitrogens with one attached hydrogen (secondary N) is 1. The van der Waals surface area contributed by atoms with Gasteiger partial charge in [0, 0.05) is 7.05 Å². The number of hydrogen-bond donors (Lipinski definition) is 1. The highest BCUT2D eigenvalue weighted by atomic mass is 32.2. The second kappa shape index (κ2) is 7.09. The van der Waals surface area contributed by atoms with E-state index in [1.165, 1.54) is 11.8 Å². The van der Waals surface area contributed by atoms with E-state index in [0.29, 0.717) is 16.7 Å². The Labute approximate surface area is 145 Å². The van der Waals surface area contributed by atoms with E-state index in [0.717, 1.165) is 0 Å². The molecule has 0 radical (unpaired) electrons. The fraction of sp³-hybridized carbons (Fsp3) is 0.500. The van der Waals surface area contributed by atoms with Crippen molar-refractivity contribution in [3.05, 3.63) is 18.4 Å². The Morgan fingerprint density at radius 1 is 1.46 bits per heavy atom. The topological polar surface area (TPSA) is 96.7 Å². The number of thioether (sulfide) groups is 1. The van der Waals surface area contributed by atoms with Gasteiger partial charge >= 0.3 is 0 Å². The van der Waals surface area contributed by atoms with E-state index in [9.17, 15) is 10.1 Å². The van der Waals surface area contributed by atoms with Gasteiger partial charge in [0.05, 0.1) is 17.6 Å². The number of amides is 1. The van der Waals surface area contributed by atoms with Gasteiger partial charge in [-0.25, -0.2) is 0 Å². The molecule has 0 bridgehead atoms. The van der Waals surface area contributed by atoms with Crippen LogP contribution in [-0.4, -0.2) is 31.5 Å². The van der Waals surface area contributed by atoms with E-state index in [-0.39, 0.29) is 11.8 Å². The smallest absolute Gasteiger partial charge is 0.234 e. The molecule has 8 heteroatoms. The number of aromatic nitrogens is 3. The molecule has 0 saturated carbocycles. The van der Waals surface area contributed by atoms with Crippen LogP contribution in [0.2, 0.25) is 0 Å². The van der Waals surface area contributed by atoms with Gasteiger partial charge < -0.3 is 14.3 Å². The molecular formula is C16H21N5O2S. The third-order valence-electron chi connectivity index (χ3n) is 4.00.